The van der Waals surface area contributed by atoms with Gasteiger partial charge in [0, 0.05) is 14.5 Å². The largest absolute Gasteiger partial charge is 0.488 e. The van der Waals surface area contributed by atoms with E-state index < -0.39 is 17.8 Å². The van der Waals surface area contributed by atoms with Gasteiger partial charge in [0.05, 0.1) is 5.69 Å². The van der Waals surface area contributed by atoms with Crippen LogP contribution in [0.15, 0.2) is 87.3 Å². The molecule has 0 atom stereocenters. The summed E-state index contributed by atoms with van der Waals surface area (Å²) >= 11 is 6.74. The van der Waals surface area contributed by atoms with Crippen molar-refractivity contribution in [1.82, 2.24) is 5.32 Å². The molecule has 1 fully saturated rings. The first-order chi connectivity index (χ1) is 15.4. The Bertz CT molecular complexity index is 1220. The molecule has 3 aromatic rings. The highest BCUT2D eigenvalue weighted by Gasteiger charge is 2.37. The second-order valence-electron chi connectivity index (χ2n) is 6.89. The summed E-state index contributed by atoms with van der Waals surface area (Å²) in [7, 11) is 0. The molecule has 1 N–H and O–H groups in total. The molecular formula is C24H16Br2N2O4. The fourth-order valence-electron chi connectivity index (χ4n) is 3.14. The van der Waals surface area contributed by atoms with Crippen LogP contribution in [-0.2, 0) is 16.2 Å². The lowest BCUT2D eigenvalue weighted by molar-refractivity contribution is -0.122. The van der Waals surface area contributed by atoms with Gasteiger partial charge in [-0.2, -0.15) is 0 Å². The van der Waals surface area contributed by atoms with Gasteiger partial charge in [-0.15, -0.1) is 0 Å². The van der Waals surface area contributed by atoms with Crippen LogP contribution in [0.5, 0.6) is 5.75 Å². The molecule has 0 aliphatic carbocycles. The summed E-state index contributed by atoms with van der Waals surface area (Å²) in [6.45, 7) is 0.322. The number of hydrogen-bond donors (Lipinski definition) is 1. The molecule has 0 bridgehead atoms. The number of amides is 4. The molecule has 4 amide bonds. The molecule has 1 heterocycles. The van der Waals surface area contributed by atoms with Crippen molar-refractivity contribution in [2.45, 2.75) is 6.61 Å². The second kappa shape index (κ2) is 9.50. The average molecular weight is 556 g/mol. The predicted octanol–water partition coefficient (Wildman–Crippen LogP) is 5.46. The second-order valence-corrected chi connectivity index (χ2v) is 8.72. The minimum absolute atomic E-state index is 0.171. The maximum absolute atomic E-state index is 13.1. The van der Waals surface area contributed by atoms with Crippen molar-refractivity contribution in [3.05, 3.63) is 98.4 Å². The highest BCUT2D eigenvalue weighted by Crippen LogP contribution is 2.29. The third-order valence-corrected chi connectivity index (χ3v) is 5.72. The lowest BCUT2D eigenvalue weighted by Gasteiger charge is -2.26. The molecule has 1 aliphatic heterocycles. The molecule has 0 aromatic heterocycles. The molecule has 8 heteroatoms. The quantitative estimate of drug-likeness (QED) is 0.335. The van der Waals surface area contributed by atoms with Crippen LogP contribution in [0.1, 0.15) is 11.1 Å². The fourth-order valence-corrected chi connectivity index (χ4v) is 3.78. The number of nitrogens with one attached hydrogen (secondary N) is 1. The van der Waals surface area contributed by atoms with Crippen molar-refractivity contribution >= 4 is 61.5 Å². The Balaban J connectivity index is 1.67. The molecule has 3 aromatic carbocycles. The third kappa shape index (κ3) is 4.81. The molecule has 0 saturated carbocycles. The zero-order valence-electron chi connectivity index (χ0n) is 16.5. The molecule has 0 unspecified atom stereocenters. The molecule has 0 radical (unpaired) electrons. The van der Waals surface area contributed by atoms with E-state index >= 15 is 0 Å². The van der Waals surface area contributed by atoms with E-state index in [-0.39, 0.29) is 5.57 Å². The van der Waals surface area contributed by atoms with Crippen molar-refractivity contribution < 1.29 is 19.1 Å². The number of anilines is 1. The molecule has 4 rings (SSSR count). The SMILES string of the molecule is O=C1NC(=O)N(c2ccc(Br)cc2)C(=O)/C1=C/c1cc(Br)ccc1OCc1ccccc1. The van der Waals surface area contributed by atoms with Crippen LogP contribution in [-0.4, -0.2) is 17.8 Å². The predicted molar refractivity (Wildman–Crippen MR) is 128 cm³/mol. The normalized spacial score (nSPS) is 15.1. The van der Waals surface area contributed by atoms with E-state index in [1.165, 1.54) is 6.08 Å². The van der Waals surface area contributed by atoms with E-state index in [4.69, 9.17) is 4.74 Å². The number of barbiturate groups is 1. The Hall–Kier alpha value is -3.23. The van der Waals surface area contributed by atoms with Crippen LogP contribution in [0, 0.1) is 0 Å². The maximum atomic E-state index is 13.1. The smallest absolute Gasteiger partial charge is 0.335 e. The summed E-state index contributed by atoms with van der Waals surface area (Å²) in [6.07, 6.45) is 1.43. The summed E-state index contributed by atoms with van der Waals surface area (Å²) in [5.41, 5.74) is 1.69. The van der Waals surface area contributed by atoms with Crippen LogP contribution < -0.4 is 15.0 Å². The van der Waals surface area contributed by atoms with Crippen molar-refractivity contribution in [3.63, 3.8) is 0 Å². The summed E-state index contributed by atoms with van der Waals surface area (Å²) < 4.78 is 7.49. The van der Waals surface area contributed by atoms with Gasteiger partial charge in [0.2, 0.25) is 0 Å². The van der Waals surface area contributed by atoms with Crippen molar-refractivity contribution in [1.29, 1.82) is 0 Å². The zero-order valence-corrected chi connectivity index (χ0v) is 19.7. The highest BCUT2D eigenvalue weighted by molar-refractivity contribution is 9.10. The maximum Gasteiger partial charge on any atom is 0.335 e. The van der Waals surface area contributed by atoms with Gasteiger partial charge >= 0.3 is 6.03 Å². The number of carbonyl (C=O) groups is 3. The molecule has 1 aliphatic rings. The lowest BCUT2D eigenvalue weighted by atomic mass is 10.1. The number of halogens is 2. The van der Waals surface area contributed by atoms with E-state index in [0.29, 0.717) is 23.6 Å². The molecule has 1 saturated heterocycles. The first-order valence-electron chi connectivity index (χ1n) is 9.55. The third-order valence-electron chi connectivity index (χ3n) is 4.70. The van der Waals surface area contributed by atoms with Crippen molar-refractivity contribution in [2.75, 3.05) is 4.90 Å². The number of rotatable bonds is 5. The molecule has 32 heavy (non-hydrogen) atoms. The Labute approximate surface area is 201 Å². The minimum atomic E-state index is -0.797. The van der Waals surface area contributed by atoms with Gasteiger partial charge in [-0.25, -0.2) is 9.69 Å². The summed E-state index contributed by atoms with van der Waals surface area (Å²) in [5.74, 6) is -0.977. The van der Waals surface area contributed by atoms with Gasteiger partial charge in [0.1, 0.15) is 17.9 Å². The molecule has 160 valence electrons. The number of carbonyl (C=O) groups excluding carboxylic acids is 3. The molecule has 0 spiro atoms. The van der Waals surface area contributed by atoms with Gasteiger partial charge in [0.15, 0.2) is 0 Å². The summed E-state index contributed by atoms with van der Waals surface area (Å²) in [5, 5.41) is 2.23. The Kier molecular flexibility index (Phi) is 6.53. The number of nitrogens with zero attached hydrogens (tertiary/aromatic N) is 1. The first-order valence-corrected chi connectivity index (χ1v) is 11.1. The number of benzene rings is 3. The van der Waals surface area contributed by atoms with Crippen LogP contribution >= 0.6 is 31.9 Å². The Morgan fingerprint density at radius 2 is 1.56 bits per heavy atom. The number of ether oxygens (including phenoxy) is 1. The van der Waals surface area contributed by atoms with E-state index in [2.05, 4.69) is 37.2 Å². The lowest BCUT2D eigenvalue weighted by Crippen LogP contribution is -2.54. The summed E-state index contributed by atoms with van der Waals surface area (Å²) in [6, 6.07) is 20.8. The van der Waals surface area contributed by atoms with Gasteiger partial charge in [-0.05, 0) is 54.1 Å². The molecule has 6 nitrogen and oxygen atoms in total. The van der Waals surface area contributed by atoms with Gasteiger partial charge in [-0.3, -0.25) is 14.9 Å². The topological polar surface area (TPSA) is 75.7 Å². The van der Waals surface area contributed by atoms with Crippen LogP contribution in [0.3, 0.4) is 0 Å². The first kappa shape index (κ1) is 22.0. The van der Waals surface area contributed by atoms with E-state index in [0.717, 1.165) is 19.4 Å². The van der Waals surface area contributed by atoms with E-state index in [1.807, 2.05) is 36.4 Å². The Morgan fingerprint density at radius 1 is 0.875 bits per heavy atom. The van der Waals surface area contributed by atoms with Crippen molar-refractivity contribution in [3.8, 4) is 5.75 Å². The van der Waals surface area contributed by atoms with Gasteiger partial charge in [-0.1, -0.05) is 62.2 Å². The van der Waals surface area contributed by atoms with E-state index in [9.17, 15) is 14.4 Å². The van der Waals surface area contributed by atoms with Gasteiger partial charge in [0.25, 0.3) is 11.8 Å². The van der Waals surface area contributed by atoms with Crippen molar-refractivity contribution in [2.24, 2.45) is 0 Å². The van der Waals surface area contributed by atoms with Crippen LogP contribution in [0.4, 0.5) is 10.5 Å². The highest BCUT2D eigenvalue weighted by atomic mass is 79.9. The van der Waals surface area contributed by atoms with E-state index in [1.54, 1.807) is 36.4 Å². The number of hydrogen-bond acceptors (Lipinski definition) is 4. The monoisotopic (exact) mass is 554 g/mol. The van der Waals surface area contributed by atoms with Crippen LogP contribution in [0.2, 0.25) is 0 Å². The summed E-state index contributed by atoms with van der Waals surface area (Å²) in [4.78, 5) is 39.0. The Morgan fingerprint density at radius 3 is 2.28 bits per heavy atom. The van der Waals surface area contributed by atoms with Crippen LogP contribution in [0.25, 0.3) is 6.08 Å². The molecular weight excluding hydrogens is 540 g/mol. The average Bonchev–Trinajstić information content (AvgIpc) is 2.78. The van der Waals surface area contributed by atoms with Gasteiger partial charge < -0.3 is 4.74 Å². The standard InChI is InChI=1S/C24H16Br2N2O4/c25-17-6-9-19(10-7-17)28-23(30)20(22(29)27-24(28)31)13-16-12-18(26)8-11-21(16)32-14-15-4-2-1-3-5-15/h1-13H,14H2,(H,27,29,31)/b20-13+. The number of urea groups is 1. The fraction of sp³-hybridized carbons (Fsp3) is 0.0417. The minimum Gasteiger partial charge on any atom is -0.488 e. The number of imide groups is 2. The zero-order chi connectivity index (χ0) is 22.7.